The molecule has 1 N–H and O–H groups in total. The monoisotopic (exact) mass is 241 g/mol. The molecule has 0 saturated heterocycles. The Morgan fingerprint density at radius 2 is 2.11 bits per heavy atom. The highest BCUT2D eigenvalue weighted by atomic mass is 15.3. The van der Waals surface area contributed by atoms with Crippen LogP contribution in [0.2, 0.25) is 0 Å². The fourth-order valence-electron chi connectivity index (χ4n) is 1.66. The lowest BCUT2D eigenvalue weighted by molar-refractivity contribution is 0.984. The molecule has 0 radical (unpaired) electrons. The van der Waals surface area contributed by atoms with E-state index in [9.17, 15) is 0 Å². The summed E-state index contributed by atoms with van der Waals surface area (Å²) in [6, 6.07) is 0. The number of hydrogen-bond acceptors (Lipinski definition) is 6. The van der Waals surface area contributed by atoms with Gasteiger partial charge in [0, 0.05) is 24.8 Å². The van der Waals surface area contributed by atoms with Crippen LogP contribution in [0.3, 0.4) is 0 Å². The maximum absolute atomic E-state index is 4.25. The SMILES string of the molecule is Cc1nnc2c(NCc3cnccn3)nccn12. The van der Waals surface area contributed by atoms with Crippen molar-refractivity contribution in [2.45, 2.75) is 13.5 Å². The normalized spacial score (nSPS) is 10.7. The van der Waals surface area contributed by atoms with E-state index in [-0.39, 0.29) is 0 Å². The van der Waals surface area contributed by atoms with Crippen molar-refractivity contribution in [3.63, 3.8) is 0 Å². The standard InChI is InChI=1S/C11H11N7/c1-8-16-17-11-10(14-4-5-18(8)11)15-7-9-6-12-2-3-13-9/h2-6H,7H2,1H3,(H,14,15). The van der Waals surface area contributed by atoms with Gasteiger partial charge < -0.3 is 5.32 Å². The summed E-state index contributed by atoms with van der Waals surface area (Å²) in [6.45, 7) is 2.44. The number of aromatic nitrogens is 6. The van der Waals surface area contributed by atoms with Crippen LogP contribution < -0.4 is 5.32 Å². The Morgan fingerprint density at radius 3 is 2.94 bits per heavy atom. The quantitative estimate of drug-likeness (QED) is 0.731. The second-order valence-corrected chi connectivity index (χ2v) is 3.77. The molecule has 0 bridgehead atoms. The highest BCUT2D eigenvalue weighted by Gasteiger charge is 2.07. The summed E-state index contributed by atoms with van der Waals surface area (Å²) in [6.07, 6.45) is 8.55. The van der Waals surface area contributed by atoms with Gasteiger partial charge in [0.1, 0.15) is 5.82 Å². The molecule has 3 rings (SSSR count). The zero-order valence-electron chi connectivity index (χ0n) is 9.78. The molecular weight excluding hydrogens is 230 g/mol. The van der Waals surface area contributed by atoms with Gasteiger partial charge in [-0.3, -0.25) is 14.4 Å². The minimum Gasteiger partial charge on any atom is -0.361 e. The predicted molar refractivity (Wildman–Crippen MR) is 64.9 cm³/mol. The Labute approximate surface area is 103 Å². The van der Waals surface area contributed by atoms with Gasteiger partial charge in [0.15, 0.2) is 5.82 Å². The molecule has 0 atom stereocenters. The van der Waals surface area contributed by atoms with Crippen LogP contribution in [-0.2, 0) is 6.54 Å². The minimum atomic E-state index is 0.548. The van der Waals surface area contributed by atoms with Crippen LogP contribution in [-0.4, -0.2) is 29.5 Å². The first-order valence-corrected chi connectivity index (χ1v) is 5.50. The summed E-state index contributed by atoms with van der Waals surface area (Å²) in [5.74, 6) is 1.51. The van der Waals surface area contributed by atoms with E-state index in [4.69, 9.17) is 0 Å². The summed E-state index contributed by atoms with van der Waals surface area (Å²) in [4.78, 5) is 12.4. The zero-order chi connectivity index (χ0) is 12.4. The molecule has 3 heterocycles. The molecule has 18 heavy (non-hydrogen) atoms. The molecule has 0 aliphatic rings. The Balaban J connectivity index is 1.87. The second-order valence-electron chi connectivity index (χ2n) is 3.77. The van der Waals surface area contributed by atoms with E-state index >= 15 is 0 Å². The van der Waals surface area contributed by atoms with E-state index in [1.807, 2.05) is 17.5 Å². The molecule has 7 nitrogen and oxygen atoms in total. The van der Waals surface area contributed by atoms with Crippen molar-refractivity contribution in [3.8, 4) is 0 Å². The third kappa shape index (κ3) is 1.86. The van der Waals surface area contributed by atoms with E-state index in [0.717, 1.165) is 11.5 Å². The first kappa shape index (κ1) is 10.6. The van der Waals surface area contributed by atoms with Crippen LogP contribution >= 0.6 is 0 Å². The summed E-state index contributed by atoms with van der Waals surface area (Å²) < 4.78 is 1.88. The third-order valence-corrected chi connectivity index (χ3v) is 2.55. The van der Waals surface area contributed by atoms with E-state index in [0.29, 0.717) is 18.0 Å². The van der Waals surface area contributed by atoms with Crippen LogP contribution in [0, 0.1) is 6.92 Å². The molecule has 0 aromatic carbocycles. The van der Waals surface area contributed by atoms with Gasteiger partial charge in [-0.2, -0.15) is 0 Å². The molecule has 0 aliphatic carbocycles. The maximum Gasteiger partial charge on any atom is 0.203 e. The first-order valence-electron chi connectivity index (χ1n) is 5.50. The van der Waals surface area contributed by atoms with E-state index in [2.05, 4.69) is 30.5 Å². The van der Waals surface area contributed by atoms with Gasteiger partial charge in [0.2, 0.25) is 5.65 Å². The largest absolute Gasteiger partial charge is 0.361 e. The molecule has 7 heteroatoms. The predicted octanol–water partition coefficient (Wildman–Crippen LogP) is 0.835. The molecule has 0 saturated carbocycles. The van der Waals surface area contributed by atoms with Gasteiger partial charge in [0.25, 0.3) is 0 Å². The average molecular weight is 241 g/mol. The lowest BCUT2D eigenvalue weighted by atomic mass is 10.4. The number of fused-ring (bicyclic) bond motifs is 1. The Bertz CT molecular complexity index is 661. The van der Waals surface area contributed by atoms with Crippen molar-refractivity contribution in [1.82, 2.24) is 29.5 Å². The molecule has 90 valence electrons. The third-order valence-electron chi connectivity index (χ3n) is 2.55. The van der Waals surface area contributed by atoms with E-state index < -0.39 is 0 Å². The molecule has 0 amide bonds. The van der Waals surface area contributed by atoms with Crippen LogP contribution in [0.1, 0.15) is 11.5 Å². The van der Waals surface area contributed by atoms with E-state index in [1.165, 1.54) is 0 Å². The molecule has 0 fully saturated rings. The number of rotatable bonds is 3. The fraction of sp³-hybridized carbons (Fsp3) is 0.182. The van der Waals surface area contributed by atoms with Gasteiger partial charge in [-0.1, -0.05) is 0 Å². The fourth-order valence-corrected chi connectivity index (χ4v) is 1.66. The van der Waals surface area contributed by atoms with Gasteiger partial charge in [-0.15, -0.1) is 10.2 Å². The lowest BCUT2D eigenvalue weighted by Gasteiger charge is -2.05. The Kier molecular flexibility index (Phi) is 2.56. The first-order chi connectivity index (χ1) is 8.84. The number of aryl methyl sites for hydroxylation is 1. The maximum atomic E-state index is 4.25. The van der Waals surface area contributed by atoms with Crippen LogP contribution in [0.15, 0.2) is 31.0 Å². The zero-order valence-corrected chi connectivity index (χ0v) is 9.78. The second kappa shape index (κ2) is 4.36. The number of hydrogen-bond donors (Lipinski definition) is 1. The topological polar surface area (TPSA) is 80.9 Å². The highest BCUT2D eigenvalue weighted by molar-refractivity contribution is 5.61. The van der Waals surface area contributed by atoms with Crippen molar-refractivity contribution in [3.05, 3.63) is 42.5 Å². The number of nitrogens with zero attached hydrogens (tertiary/aromatic N) is 6. The minimum absolute atomic E-state index is 0.548. The summed E-state index contributed by atoms with van der Waals surface area (Å²) in [5, 5.41) is 11.3. The Morgan fingerprint density at radius 1 is 1.17 bits per heavy atom. The van der Waals surface area contributed by atoms with Crippen molar-refractivity contribution in [1.29, 1.82) is 0 Å². The summed E-state index contributed by atoms with van der Waals surface area (Å²) in [7, 11) is 0. The number of nitrogens with one attached hydrogen (secondary N) is 1. The van der Waals surface area contributed by atoms with Crippen molar-refractivity contribution < 1.29 is 0 Å². The molecule has 0 aliphatic heterocycles. The molecule has 0 unspecified atom stereocenters. The van der Waals surface area contributed by atoms with Crippen LogP contribution in [0.4, 0.5) is 5.82 Å². The number of anilines is 1. The average Bonchev–Trinajstić information content (AvgIpc) is 2.80. The summed E-state index contributed by atoms with van der Waals surface area (Å²) in [5.41, 5.74) is 1.55. The molecular formula is C11H11N7. The Hall–Kier alpha value is -2.57. The highest BCUT2D eigenvalue weighted by Crippen LogP contribution is 2.12. The van der Waals surface area contributed by atoms with Crippen molar-refractivity contribution in [2.24, 2.45) is 0 Å². The smallest absolute Gasteiger partial charge is 0.203 e. The molecule has 3 aromatic rings. The lowest BCUT2D eigenvalue weighted by Crippen LogP contribution is -2.05. The summed E-state index contributed by atoms with van der Waals surface area (Å²) >= 11 is 0. The van der Waals surface area contributed by atoms with Gasteiger partial charge >= 0.3 is 0 Å². The van der Waals surface area contributed by atoms with Gasteiger partial charge in [0.05, 0.1) is 18.4 Å². The van der Waals surface area contributed by atoms with Crippen LogP contribution in [0.5, 0.6) is 0 Å². The van der Waals surface area contributed by atoms with E-state index in [1.54, 1.807) is 24.8 Å². The van der Waals surface area contributed by atoms with Crippen molar-refractivity contribution >= 4 is 11.5 Å². The van der Waals surface area contributed by atoms with Crippen molar-refractivity contribution in [2.75, 3.05) is 5.32 Å². The molecule has 3 aromatic heterocycles. The van der Waals surface area contributed by atoms with Crippen LogP contribution in [0.25, 0.3) is 5.65 Å². The van der Waals surface area contributed by atoms with Gasteiger partial charge in [-0.05, 0) is 6.92 Å². The van der Waals surface area contributed by atoms with Gasteiger partial charge in [-0.25, -0.2) is 4.98 Å². The molecule has 0 spiro atoms.